The number of hydrogen-bond donors (Lipinski definition) is 3. The number of thiazole rings is 1. The summed E-state index contributed by atoms with van der Waals surface area (Å²) in [5, 5.41) is 13.6. The smallest absolute Gasteiger partial charge is 0.243 e. The monoisotopic (exact) mass is 555 g/mol. The normalized spacial score (nSPS) is 22.5. The molecule has 1 aromatic heterocycles. The average Bonchev–Trinajstić information content (AvgIpc) is 3.49. The highest BCUT2D eigenvalue weighted by molar-refractivity contribution is 7.13. The zero-order valence-electron chi connectivity index (χ0n) is 23.5. The number of β-amino-alcohol motifs (C(OH)–C–C–N with tert-alkyl or cyclic N) is 1. The third-order valence-electron chi connectivity index (χ3n) is 7.99. The largest absolute Gasteiger partial charge is 0.391 e. The number of nitrogens with one attached hydrogen (secondary N) is 1. The summed E-state index contributed by atoms with van der Waals surface area (Å²) in [6.45, 7) is 11.2. The Labute approximate surface area is 234 Å². The van der Waals surface area contributed by atoms with Gasteiger partial charge < -0.3 is 21.1 Å². The van der Waals surface area contributed by atoms with Crippen LogP contribution in [-0.4, -0.2) is 75.4 Å². The Hall–Kier alpha value is -2.82. The van der Waals surface area contributed by atoms with Crippen molar-refractivity contribution in [3.05, 3.63) is 41.0 Å². The summed E-state index contributed by atoms with van der Waals surface area (Å²) in [6, 6.07) is 6.56. The minimum Gasteiger partial charge on any atom is -0.391 e. The van der Waals surface area contributed by atoms with E-state index in [0.29, 0.717) is 25.9 Å². The molecular formula is C29H41N5O4S. The lowest BCUT2D eigenvalue weighted by molar-refractivity contribution is -0.147. The van der Waals surface area contributed by atoms with Crippen molar-refractivity contribution in [3.63, 3.8) is 0 Å². The van der Waals surface area contributed by atoms with E-state index in [2.05, 4.69) is 15.2 Å². The first kappa shape index (κ1) is 29.2. The SMILES string of the molecule is Cc1ncsc1-c1ccc([C@H](C)NC(=O)[C@@H]2C[C@@H](O)CN2C(=O)[C@@H](N2CCC(C(N)=O)CC2)C(C)(C)C)cc1. The first-order valence-electron chi connectivity index (χ1n) is 13.7. The summed E-state index contributed by atoms with van der Waals surface area (Å²) < 4.78 is 0. The minimum absolute atomic E-state index is 0.124. The topological polar surface area (TPSA) is 129 Å². The number of piperidine rings is 1. The van der Waals surface area contributed by atoms with Gasteiger partial charge in [0.05, 0.1) is 34.3 Å². The summed E-state index contributed by atoms with van der Waals surface area (Å²) in [4.78, 5) is 48.2. The molecule has 4 N–H and O–H groups in total. The second-order valence-corrected chi connectivity index (χ2v) is 12.9. The molecule has 39 heavy (non-hydrogen) atoms. The van der Waals surface area contributed by atoms with Gasteiger partial charge in [-0.1, -0.05) is 45.0 Å². The Balaban J connectivity index is 1.46. The number of rotatable bonds is 7. The highest BCUT2D eigenvalue weighted by atomic mass is 32.1. The van der Waals surface area contributed by atoms with Crippen molar-refractivity contribution < 1.29 is 19.5 Å². The number of amides is 3. The van der Waals surface area contributed by atoms with Crippen molar-refractivity contribution in [1.29, 1.82) is 0 Å². The third-order valence-corrected chi connectivity index (χ3v) is 8.97. The van der Waals surface area contributed by atoms with Crippen LogP contribution in [0.3, 0.4) is 0 Å². The quantitative estimate of drug-likeness (QED) is 0.482. The van der Waals surface area contributed by atoms with Gasteiger partial charge in [0.1, 0.15) is 6.04 Å². The highest BCUT2D eigenvalue weighted by Crippen LogP contribution is 2.33. The molecule has 1 aromatic carbocycles. The van der Waals surface area contributed by atoms with Gasteiger partial charge in [-0.05, 0) is 56.3 Å². The number of aliphatic hydroxyl groups excluding tert-OH is 1. The van der Waals surface area contributed by atoms with Gasteiger partial charge >= 0.3 is 0 Å². The summed E-state index contributed by atoms with van der Waals surface area (Å²) in [5.41, 5.74) is 9.96. The molecule has 3 heterocycles. The highest BCUT2D eigenvalue weighted by Gasteiger charge is 2.46. The zero-order chi connectivity index (χ0) is 28.5. The van der Waals surface area contributed by atoms with Crippen LogP contribution in [0.2, 0.25) is 0 Å². The Morgan fingerprint density at radius 3 is 2.33 bits per heavy atom. The molecule has 9 nitrogen and oxygen atoms in total. The van der Waals surface area contributed by atoms with Crippen LogP contribution < -0.4 is 11.1 Å². The molecule has 0 bridgehead atoms. The molecule has 2 aliphatic heterocycles. The number of carbonyl (C=O) groups is 3. The molecule has 2 fully saturated rings. The molecule has 0 unspecified atom stereocenters. The Kier molecular flexibility index (Phi) is 8.78. The second kappa shape index (κ2) is 11.7. The Bertz CT molecular complexity index is 1180. The number of nitrogens with zero attached hydrogens (tertiary/aromatic N) is 3. The van der Waals surface area contributed by atoms with E-state index >= 15 is 0 Å². The first-order chi connectivity index (χ1) is 18.4. The molecule has 4 atom stereocenters. The van der Waals surface area contributed by atoms with Crippen LogP contribution in [-0.2, 0) is 14.4 Å². The van der Waals surface area contributed by atoms with Crippen molar-refractivity contribution in [1.82, 2.24) is 20.1 Å². The lowest BCUT2D eigenvalue weighted by atomic mass is 9.82. The number of hydrogen-bond acceptors (Lipinski definition) is 7. The van der Waals surface area contributed by atoms with Crippen LogP contribution in [0.15, 0.2) is 29.8 Å². The van der Waals surface area contributed by atoms with E-state index in [1.54, 1.807) is 16.2 Å². The zero-order valence-corrected chi connectivity index (χ0v) is 24.3. The number of primary amides is 1. The van der Waals surface area contributed by atoms with Crippen molar-refractivity contribution in [2.75, 3.05) is 19.6 Å². The molecule has 0 spiro atoms. The number of aryl methyl sites for hydroxylation is 1. The number of aromatic nitrogens is 1. The molecular weight excluding hydrogens is 514 g/mol. The minimum atomic E-state index is -0.761. The predicted octanol–water partition coefficient (Wildman–Crippen LogP) is 2.87. The molecule has 3 amide bonds. The molecule has 2 aliphatic rings. The van der Waals surface area contributed by atoms with Crippen molar-refractivity contribution >= 4 is 29.1 Å². The van der Waals surface area contributed by atoms with Crippen LogP contribution in [0.5, 0.6) is 0 Å². The standard InChI is InChI=1S/C29H41N5O4S/c1-17(19-6-8-20(9-7-19)24-18(2)31-16-39-24)32-27(37)23-14-22(35)15-34(23)28(38)25(29(3,4)5)33-12-10-21(11-13-33)26(30)36/h6-9,16-17,21-23,25,35H,10-15H2,1-5H3,(H2,30,36)(H,32,37)/t17-,22+,23-,25+/m0/s1. The molecule has 0 saturated carbocycles. The number of nitrogens with two attached hydrogens (primary N) is 1. The summed E-state index contributed by atoms with van der Waals surface area (Å²) >= 11 is 1.60. The van der Waals surface area contributed by atoms with Crippen LogP contribution in [0.4, 0.5) is 0 Å². The van der Waals surface area contributed by atoms with Gasteiger partial charge in [0.25, 0.3) is 0 Å². The number of likely N-dealkylation sites (tertiary alicyclic amines) is 2. The van der Waals surface area contributed by atoms with Gasteiger partial charge in [0, 0.05) is 18.9 Å². The fourth-order valence-electron chi connectivity index (χ4n) is 5.87. The summed E-state index contributed by atoms with van der Waals surface area (Å²) in [5.74, 6) is -0.899. The van der Waals surface area contributed by atoms with Gasteiger partial charge in [0.15, 0.2) is 0 Å². The van der Waals surface area contributed by atoms with Crippen molar-refractivity contribution in [2.45, 2.75) is 78.1 Å². The average molecular weight is 556 g/mol. The fourth-order valence-corrected chi connectivity index (χ4v) is 6.69. The molecule has 2 aromatic rings. The molecule has 2 saturated heterocycles. The molecule has 0 aliphatic carbocycles. The predicted molar refractivity (Wildman–Crippen MR) is 152 cm³/mol. The molecule has 212 valence electrons. The van der Waals surface area contributed by atoms with Crippen LogP contribution in [0.1, 0.15) is 64.3 Å². The summed E-state index contributed by atoms with van der Waals surface area (Å²) in [7, 11) is 0. The second-order valence-electron chi connectivity index (χ2n) is 12.0. The maximum Gasteiger partial charge on any atom is 0.243 e. The van der Waals surface area contributed by atoms with E-state index < -0.39 is 23.6 Å². The van der Waals surface area contributed by atoms with E-state index in [9.17, 15) is 19.5 Å². The van der Waals surface area contributed by atoms with E-state index in [1.807, 2.05) is 64.4 Å². The maximum atomic E-state index is 14.0. The van der Waals surface area contributed by atoms with Crippen LogP contribution in [0.25, 0.3) is 10.4 Å². The van der Waals surface area contributed by atoms with Gasteiger partial charge in [0.2, 0.25) is 17.7 Å². The van der Waals surface area contributed by atoms with Gasteiger partial charge in [-0.25, -0.2) is 4.98 Å². The van der Waals surface area contributed by atoms with Crippen LogP contribution >= 0.6 is 11.3 Å². The van der Waals surface area contributed by atoms with E-state index in [1.165, 1.54) is 0 Å². The van der Waals surface area contributed by atoms with Crippen molar-refractivity contribution in [2.24, 2.45) is 17.1 Å². The summed E-state index contributed by atoms with van der Waals surface area (Å²) in [6.07, 6.45) is 0.665. The number of aliphatic hydroxyl groups is 1. The van der Waals surface area contributed by atoms with Gasteiger partial charge in [-0.2, -0.15) is 0 Å². The Morgan fingerprint density at radius 1 is 1.15 bits per heavy atom. The molecule has 10 heteroatoms. The third kappa shape index (κ3) is 6.50. The first-order valence-corrected chi connectivity index (χ1v) is 14.6. The fraction of sp³-hybridized carbons (Fsp3) is 0.586. The van der Waals surface area contributed by atoms with E-state index in [0.717, 1.165) is 21.7 Å². The van der Waals surface area contributed by atoms with Gasteiger partial charge in [-0.15, -0.1) is 11.3 Å². The number of benzene rings is 1. The maximum absolute atomic E-state index is 14.0. The van der Waals surface area contributed by atoms with E-state index in [-0.39, 0.29) is 42.6 Å². The van der Waals surface area contributed by atoms with E-state index in [4.69, 9.17) is 5.73 Å². The number of carbonyl (C=O) groups excluding carboxylic acids is 3. The molecule has 4 rings (SSSR count). The molecule has 0 radical (unpaired) electrons. The van der Waals surface area contributed by atoms with Crippen molar-refractivity contribution in [3.8, 4) is 10.4 Å². The van der Waals surface area contributed by atoms with Gasteiger partial charge in [-0.3, -0.25) is 19.3 Å². The lowest BCUT2D eigenvalue weighted by Gasteiger charge is -2.44. The van der Waals surface area contributed by atoms with Crippen LogP contribution in [0, 0.1) is 18.3 Å². The Morgan fingerprint density at radius 2 is 1.79 bits per heavy atom. The lowest BCUT2D eigenvalue weighted by Crippen LogP contribution is -2.59.